The number of hydrogen-bond donors (Lipinski definition) is 0. The van der Waals surface area contributed by atoms with Gasteiger partial charge in [0.2, 0.25) is 5.78 Å². The van der Waals surface area contributed by atoms with Gasteiger partial charge in [0.15, 0.2) is 5.76 Å². The summed E-state index contributed by atoms with van der Waals surface area (Å²) in [6.45, 7) is 4.18. The molecule has 0 spiro atoms. The first-order valence-corrected chi connectivity index (χ1v) is 7.02. The molecule has 0 radical (unpaired) electrons. The van der Waals surface area contributed by atoms with Gasteiger partial charge in [-0.2, -0.15) is 0 Å². The Morgan fingerprint density at radius 2 is 1.94 bits per heavy atom. The zero-order valence-corrected chi connectivity index (χ0v) is 11.4. The van der Waals surface area contributed by atoms with Gasteiger partial charge in [-0.3, -0.25) is 4.79 Å². The molecule has 1 aromatic heterocycles. The number of carbonyl (C=O) groups excluding carboxylic acids is 1. The van der Waals surface area contributed by atoms with Crippen molar-refractivity contribution in [3.8, 4) is 0 Å². The number of ketones is 1. The predicted octanol–water partition coefficient (Wildman–Crippen LogP) is 4.01. The Labute approximate surface area is 111 Å². The van der Waals surface area contributed by atoms with Crippen molar-refractivity contribution in [2.45, 2.75) is 19.6 Å². The molecule has 0 aliphatic rings. The number of thioether (sulfide) groups is 1. The first-order valence-electron chi connectivity index (χ1n) is 5.87. The third-order valence-corrected chi connectivity index (χ3v) is 3.58. The van der Waals surface area contributed by atoms with E-state index in [1.807, 2.05) is 0 Å². The number of aryl methyl sites for hydroxylation is 2. The lowest BCUT2D eigenvalue weighted by molar-refractivity contribution is 0.0992. The zero-order chi connectivity index (χ0) is 13.0. The van der Waals surface area contributed by atoms with Crippen LogP contribution in [0, 0.1) is 13.8 Å². The molecule has 3 heteroatoms. The lowest BCUT2D eigenvalue weighted by Gasteiger charge is -2.04. The van der Waals surface area contributed by atoms with Crippen LogP contribution >= 0.6 is 11.8 Å². The summed E-state index contributed by atoms with van der Waals surface area (Å²) in [5.74, 6) is 1.81. The molecule has 2 rings (SSSR count). The Balaban J connectivity index is 1.87. The molecule has 2 aromatic rings. The summed E-state index contributed by atoms with van der Waals surface area (Å²) in [7, 11) is 0. The molecule has 0 aliphatic heterocycles. The third-order valence-electron chi connectivity index (χ3n) is 2.58. The van der Waals surface area contributed by atoms with Crippen LogP contribution in [-0.4, -0.2) is 11.5 Å². The summed E-state index contributed by atoms with van der Waals surface area (Å²) in [5.41, 5.74) is 3.80. The highest BCUT2D eigenvalue weighted by atomic mass is 32.2. The predicted molar refractivity (Wildman–Crippen MR) is 75.1 cm³/mol. The van der Waals surface area contributed by atoms with E-state index in [1.54, 1.807) is 23.9 Å². The zero-order valence-electron chi connectivity index (χ0n) is 10.6. The molecule has 0 unspecified atom stereocenters. The van der Waals surface area contributed by atoms with Crippen LogP contribution < -0.4 is 0 Å². The van der Waals surface area contributed by atoms with Crippen LogP contribution in [0.15, 0.2) is 41.0 Å². The molecule has 0 fully saturated rings. The van der Waals surface area contributed by atoms with Gasteiger partial charge in [0.1, 0.15) is 0 Å². The monoisotopic (exact) mass is 260 g/mol. The van der Waals surface area contributed by atoms with Gasteiger partial charge in [-0.05, 0) is 31.5 Å². The minimum atomic E-state index is 0.0503. The third kappa shape index (κ3) is 3.50. The van der Waals surface area contributed by atoms with E-state index >= 15 is 0 Å². The van der Waals surface area contributed by atoms with Gasteiger partial charge in [0.05, 0.1) is 12.0 Å². The summed E-state index contributed by atoms with van der Waals surface area (Å²) in [6, 6.07) is 9.93. The second kappa shape index (κ2) is 5.91. The van der Waals surface area contributed by atoms with Gasteiger partial charge in [-0.15, -0.1) is 11.8 Å². The fraction of sp³-hybridized carbons (Fsp3) is 0.267. The van der Waals surface area contributed by atoms with Crippen LogP contribution in [0.4, 0.5) is 0 Å². The van der Waals surface area contributed by atoms with E-state index in [1.165, 1.54) is 23.0 Å². The van der Waals surface area contributed by atoms with E-state index in [9.17, 15) is 4.79 Å². The number of hydrogen-bond acceptors (Lipinski definition) is 3. The lowest BCUT2D eigenvalue weighted by atomic mass is 10.1. The highest BCUT2D eigenvalue weighted by molar-refractivity contribution is 7.99. The molecule has 0 bridgehead atoms. The smallest absolute Gasteiger partial charge is 0.207 e. The molecular weight excluding hydrogens is 244 g/mol. The van der Waals surface area contributed by atoms with Gasteiger partial charge in [-0.25, -0.2) is 0 Å². The molecule has 2 nitrogen and oxygen atoms in total. The van der Waals surface area contributed by atoms with Gasteiger partial charge in [-0.1, -0.05) is 29.3 Å². The molecule has 0 amide bonds. The molecule has 18 heavy (non-hydrogen) atoms. The maximum absolute atomic E-state index is 11.7. The Morgan fingerprint density at radius 1 is 1.22 bits per heavy atom. The van der Waals surface area contributed by atoms with E-state index < -0.39 is 0 Å². The number of rotatable bonds is 5. The minimum absolute atomic E-state index is 0.0503. The van der Waals surface area contributed by atoms with Gasteiger partial charge >= 0.3 is 0 Å². The van der Waals surface area contributed by atoms with E-state index in [-0.39, 0.29) is 5.78 Å². The normalized spacial score (nSPS) is 10.6. The van der Waals surface area contributed by atoms with E-state index in [0.717, 1.165) is 5.75 Å². The summed E-state index contributed by atoms with van der Waals surface area (Å²) in [5, 5.41) is 0. The molecule has 0 N–H and O–H groups in total. The van der Waals surface area contributed by atoms with Crippen LogP contribution in [0.1, 0.15) is 27.2 Å². The van der Waals surface area contributed by atoms with E-state index in [4.69, 9.17) is 4.42 Å². The summed E-state index contributed by atoms with van der Waals surface area (Å²) in [6.07, 6.45) is 1.53. The average Bonchev–Trinajstić information content (AvgIpc) is 2.80. The molecular formula is C15H16O2S. The van der Waals surface area contributed by atoms with Crippen molar-refractivity contribution in [3.05, 3.63) is 59.0 Å². The van der Waals surface area contributed by atoms with Gasteiger partial charge in [0.25, 0.3) is 0 Å². The highest BCUT2D eigenvalue weighted by Crippen LogP contribution is 2.17. The van der Waals surface area contributed by atoms with Crippen molar-refractivity contribution in [3.63, 3.8) is 0 Å². The fourth-order valence-corrected chi connectivity index (χ4v) is 2.75. The quantitative estimate of drug-likeness (QED) is 0.761. The molecule has 94 valence electrons. The van der Waals surface area contributed by atoms with Gasteiger partial charge < -0.3 is 4.42 Å². The van der Waals surface area contributed by atoms with Crippen molar-refractivity contribution in [1.82, 2.24) is 0 Å². The van der Waals surface area contributed by atoms with Gasteiger partial charge in [0, 0.05) is 5.75 Å². The second-order valence-corrected chi connectivity index (χ2v) is 5.37. The molecule has 1 aromatic carbocycles. The number of benzene rings is 1. The molecule has 0 aliphatic carbocycles. The molecule has 0 saturated heterocycles. The van der Waals surface area contributed by atoms with Crippen molar-refractivity contribution >= 4 is 17.5 Å². The molecule has 0 atom stereocenters. The second-order valence-electron chi connectivity index (χ2n) is 4.39. The molecule has 1 heterocycles. The van der Waals surface area contributed by atoms with Crippen molar-refractivity contribution < 1.29 is 9.21 Å². The van der Waals surface area contributed by atoms with Crippen LogP contribution in [0.2, 0.25) is 0 Å². The summed E-state index contributed by atoms with van der Waals surface area (Å²) in [4.78, 5) is 11.7. The Bertz CT molecular complexity index is 509. The fourth-order valence-electron chi connectivity index (χ4n) is 1.92. The highest BCUT2D eigenvalue weighted by Gasteiger charge is 2.08. The SMILES string of the molecule is Cc1cc(C)cc(CSCC(=O)c2ccco2)c1. The first kappa shape index (κ1) is 13.0. The van der Waals surface area contributed by atoms with Crippen LogP contribution in [-0.2, 0) is 5.75 Å². The van der Waals surface area contributed by atoms with Crippen LogP contribution in [0.5, 0.6) is 0 Å². The summed E-state index contributed by atoms with van der Waals surface area (Å²) >= 11 is 1.62. The number of Topliss-reactive ketones (excluding diaryl/α,β-unsaturated/α-hetero) is 1. The lowest BCUT2D eigenvalue weighted by Crippen LogP contribution is -2.00. The Kier molecular flexibility index (Phi) is 4.26. The standard InChI is InChI=1S/C15H16O2S/c1-11-6-12(2)8-13(7-11)9-18-10-14(16)15-4-3-5-17-15/h3-8H,9-10H2,1-2H3. The van der Waals surface area contributed by atoms with Crippen molar-refractivity contribution in [2.75, 3.05) is 5.75 Å². The van der Waals surface area contributed by atoms with Crippen molar-refractivity contribution in [2.24, 2.45) is 0 Å². The largest absolute Gasteiger partial charge is 0.461 e. The molecule has 0 saturated carbocycles. The van der Waals surface area contributed by atoms with E-state index in [2.05, 4.69) is 32.0 Å². The van der Waals surface area contributed by atoms with Crippen molar-refractivity contribution in [1.29, 1.82) is 0 Å². The van der Waals surface area contributed by atoms with Crippen LogP contribution in [0.25, 0.3) is 0 Å². The Hall–Kier alpha value is -1.48. The number of carbonyl (C=O) groups is 1. The maximum Gasteiger partial charge on any atom is 0.207 e. The summed E-state index contributed by atoms with van der Waals surface area (Å²) < 4.78 is 5.07. The topological polar surface area (TPSA) is 30.2 Å². The van der Waals surface area contributed by atoms with Crippen LogP contribution in [0.3, 0.4) is 0 Å². The van der Waals surface area contributed by atoms with E-state index in [0.29, 0.717) is 11.5 Å². The minimum Gasteiger partial charge on any atom is -0.461 e. The number of furan rings is 1. The average molecular weight is 260 g/mol. The maximum atomic E-state index is 11.7. The first-order chi connectivity index (χ1) is 8.65. The Morgan fingerprint density at radius 3 is 2.56 bits per heavy atom.